The maximum Gasteiger partial charge on any atom is 0.238 e. The molecule has 140 valence electrons. The van der Waals surface area contributed by atoms with Crippen LogP contribution < -0.4 is 9.47 Å². The van der Waals surface area contributed by atoms with E-state index in [2.05, 4.69) is 29.4 Å². The van der Waals surface area contributed by atoms with Gasteiger partial charge in [0.15, 0.2) is 11.5 Å². The molecule has 5 nitrogen and oxygen atoms in total. The van der Waals surface area contributed by atoms with Crippen LogP contribution in [0.25, 0.3) is 11.4 Å². The van der Waals surface area contributed by atoms with Gasteiger partial charge in [-0.2, -0.15) is 4.98 Å². The lowest BCUT2D eigenvalue weighted by Crippen LogP contribution is -2.03. The third kappa shape index (κ3) is 3.47. The zero-order valence-electron chi connectivity index (χ0n) is 15.7. The monoisotopic (exact) mass is 372 g/mol. The molecular formula is C23H20N2O3. The van der Waals surface area contributed by atoms with Crippen molar-refractivity contribution < 1.29 is 14.0 Å². The average molecular weight is 372 g/mol. The Labute approximate surface area is 163 Å². The minimum Gasteiger partial charge on any atom is -0.493 e. The minimum atomic E-state index is -0.135. The number of ether oxygens (including phenoxy) is 2. The van der Waals surface area contributed by atoms with Crippen molar-refractivity contribution in [3.05, 3.63) is 95.9 Å². The topological polar surface area (TPSA) is 57.4 Å². The van der Waals surface area contributed by atoms with Crippen molar-refractivity contribution in [2.75, 3.05) is 14.2 Å². The lowest BCUT2D eigenvalue weighted by molar-refractivity contribution is 0.355. The molecule has 0 bridgehead atoms. The lowest BCUT2D eigenvalue weighted by Gasteiger charge is -2.13. The summed E-state index contributed by atoms with van der Waals surface area (Å²) in [5.41, 5.74) is 2.99. The quantitative estimate of drug-likeness (QED) is 0.480. The maximum absolute atomic E-state index is 5.69. The summed E-state index contributed by atoms with van der Waals surface area (Å²) in [6.07, 6.45) is 0. The predicted molar refractivity (Wildman–Crippen MR) is 107 cm³/mol. The lowest BCUT2D eigenvalue weighted by atomic mass is 9.91. The van der Waals surface area contributed by atoms with E-state index in [0.29, 0.717) is 23.2 Å². The minimum absolute atomic E-state index is 0.135. The van der Waals surface area contributed by atoms with Gasteiger partial charge in [0, 0.05) is 5.56 Å². The van der Waals surface area contributed by atoms with Crippen molar-refractivity contribution in [2.45, 2.75) is 5.92 Å². The molecule has 0 saturated heterocycles. The van der Waals surface area contributed by atoms with Gasteiger partial charge in [0.1, 0.15) is 0 Å². The fraction of sp³-hybridized carbons (Fsp3) is 0.130. The van der Waals surface area contributed by atoms with Crippen LogP contribution in [0.4, 0.5) is 0 Å². The van der Waals surface area contributed by atoms with E-state index in [4.69, 9.17) is 19.0 Å². The average Bonchev–Trinajstić information content (AvgIpc) is 3.24. The van der Waals surface area contributed by atoms with Crippen LogP contribution in [0.1, 0.15) is 22.9 Å². The predicted octanol–water partition coefficient (Wildman–Crippen LogP) is 4.93. The van der Waals surface area contributed by atoms with Crippen LogP contribution in [0.5, 0.6) is 11.5 Å². The molecule has 0 saturated carbocycles. The molecule has 1 heterocycles. The van der Waals surface area contributed by atoms with Crippen molar-refractivity contribution in [1.82, 2.24) is 10.1 Å². The molecule has 0 fully saturated rings. The van der Waals surface area contributed by atoms with Crippen molar-refractivity contribution >= 4 is 0 Å². The Balaban J connectivity index is 1.75. The second kappa shape index (κ2) is 7.96. The molecule has 0 aliphatic carbocycles. The first-order valence-corrected chi connectivity index (χ1v) is 8.96. The van der Waals surface area contributed by atoms with E-state index in [-0.39, 0.29) is 5.92 Å². The van der Waals surface area contributed by atoms with E-state index in [1.807, 2.05) is 54.6 Å². The molecule has 0 aliphatic heterocycles. The highest BCUT2D eigenvalue weighted by atomic mass is 16.5. The van der Waals surface area contributed by atoms with Crippen LogP contribution in [0, 0.1) is 0 Å². The molecule has 4 aromatic rings. The van der Waals surface area contributed by atoms with Crippen LogP contribution in [-0.2, 0) is 0 Å². The number of methoxy groups -OCH3 is 2. The Morgan fingerprint density at radius 2 is 1.36 bits per heavy atom. The zero-order valence-corrected chi connectivity index (χ0v) is 15.7. The molecule has 0 aliphatic rings. The Morgan fingerprint density at radius 3 is 1.93 bits per heavy atom. The molecule has 0 spiro atoms. The summed E-state index contributed by atoms with van der Waals surface area (Å²) < 4.78 is 16.4. The van der Waals surface area contributed by atoms with E-state index >= 15 is 0 Å². The van der Waals surface area contributed by atoms with Gasteiger partial charge in [-0.05, 0) is 29.3 Å². The third-order valence-electron chi connectivity index (χ3n) is 4.60. The molecule has 5 heteroatoms. The number of hydrogen-bond donors (Lipinski definition) is 0. The van der Waals surface area contributed by atoms with Crippen LogP contribution in [0.3, 0.4) is 0 Å². The molecular weight excluding hydrogens is 352 g/mol. The van der Waals surface area contributed by atoms with Gasteiger partial charge in [-0.3, -0.25) is 0 Å². The summed E-state index contributed by atoms with van der Waals surface area (Å²) in [7, 11) is 3.21. The Kier molecular flexibility index (Phi) is 5.06. The fourth-order valence-corrected chi connectivity index (χ4v) is 3.21. The molecule has 0 radical (unpaired) electrons. The van der Waals surface area contributed by atoms with Gasteiger partial charge in [-0.15, -0.1) is 0 Å². The van der Waals surface area contributed by atoms with E-state index in [1.165, 1.54) is 0 Å². The second-order valence-electron chi connectivity index (χ2n) is 6.28. The summed E-state index contributed by atoms with van der Waals surface area (Å²) in [4.78, 5) is 4.69. The van der Waals surface area contributed by atoms with E-state index in [1.54, 1.807) is 14.2 Å². The third-order valence-corrected chi connectivity index (χ3v) is 4.60. The largest absolute Gasteiger partial charge is 0.493 e. The van der Waals surface area contributed by atoms with Crippen LogP contribution in [0.15, 0.2) is 83.4 Å². The van der Waals surface area contributed by atoms with Gasteiger partial charge in [-0.1, -0.05) is 65.8 Å². The first-order chi connectivity index (χ1) is 13.8. The molecule has 0 N–H and O–H groups in total. The van der Waals surface area contributed by atoms with Gasteiger partial charge in [0.2, 0.25) is 11.7 Å². The van der Waals surface area contributed by atoms with Gasteiger partial charge in [0.25, 0.3) is 0 Å². The van der Waals surface area contributed by atoms with Crippen molar-refractivity contribution in [3.63, 3.8) is 0 Å². The smallest absolute Gasteiger partial charge is 0.238 e. The number of nitrogens with zero attached hydrogens (tertiary/aromatic N) is 2. The second-order valence-corrected chi connectivity index (χ2v) is 6.28. The molecule has 0 amide bonds. The summed E-state index contributed by atoms with van der Waals surface area (Å²) >= 11 is 0. The highest BCUT2D eigenvalue weighted by Crippen LogP contribution is 2.34. The molecule has 1 aromatic heterocycles. The van der Waals surface area contributed by atoms with Crippen molar-refractivity contribution in [1.29, 1.82) is 0 Å². The molecule has 0 atom stereocenters. The van der Waals surface area contributed by atoms with Gasteiger partial charge < -0.3 is 14.0 Å². The Morgan fingerprint density at radius 1 is 0.750 bits per heavy atom. The molecule has 3 aromatic carbocycles. The number of aromatic nitrogens is 2. The molecule has 0 unspecified atom stereocenters. The van der Waals surface area contributed by atoms with E-state index < -0.39 is 0 Å². The summed E-state index contributed by atoms with van der Waals surface area (Å²) in [5.74, 6) is 2.19. The van der Waals surface area contributed by atoms with Crippen LogP contribution >= 0.6 is 0 Å². The van der Waals surface area contributed by atoms with Gasteiger partial charge in [0.05, 0.1) is 20.1 Å². The van der Waals surface area contributed by atoms with Crippen LogP contribution in [0.2, 0.25) is 0 Å². The van der Waals surface area contributed by atoms with Gasteiger partial charge >= 0.3 is 0 Å². The Hall–Kier alpha value is -3.60. The van der Waals surface area contributed by atoms with E-state index in [0.717, 1.165) is 16.7 Å². The molecule has 28 heavy (non-hydrogen) atoms. The maximum atomic E-state index is 5.69. The number of hydrogen-bond acceptors (Lipinski definition) is 5. The number of rotatable bonds is 6. The van der Waals surface area contributed by atoms with E-state index in [9.17, 15) is 0 Å². The SMILES string of the molecule is COc1ccc(-c2noc(C(c3ccccc3)c3ccccc3)n2)cc1OC. The van der Waals surface area contributed by atoms with Crippen molar-refractivity contribution in [3.8, 4) is 22.9 Å². The normalized spacial score (nSPS) is 10.8. The number of benzene rings is 3. The fourth-order valence-electron chi connectivity index (χ4n) is 3.21. The van der Waals surface area contributed by atoms with Crippen LogP contribution in [-0.4, -0.2) is 24.4 Å². The summed E-state index contributed by atoms with van der Waals surface area (Å²) in [6.45, 7) is 0. The highest BCUT2D eigenvalue weighted by molar-refractivity contribution is 5.61. The van der Waals surface area contributed by atoms with Gasteiger partial charge in [-0.25, -0.2) is 0 Å². The van der Waals surface area contributed by atoms with Crippen molar-refractivity contribution in [2.24, 2.45) is 0 Å². The first kappa shape index (κ1) is 17.8. The Bertz CT molecular complexity index is 1010. The molecule has 4 rings (SSSR count). The summed E-state index contributed by atoms with van der Waals surface area (Å²) in [5, 5.41) is 4.21. The summed E-state index contributed by atoms with van der Waals surface area (Å²) in [6, 6.07) is 25.9. The zero-order chi connectivity index (χ0) is 19.3. The highest BCUT2D eigenvalue weighted by Gasteiger charge is 2.23. The standard InChI is InChI=1S/C23H20N2O3/c1-26-19-14-13-18(15-20(19)27-2)22-24-23(28-25-22)21(16-9-5-3-6-10-16)17-11-7-4-8-12-17/h3-15,21H,1-2H3. The first-order valence-electron chi connectivity index (χ1n) is 8.96.